The van der Waals surface area contributed by atoms with Crippen molar-refractivity contribution in [2.75, 3.05) is 19.7 Å². The third-order valence-electron chi connectivity index (χ3n) is 3.07. The number of likely N-dealkylation sites (tertiary alicyclic amines) is 1. The van der Waals surface area contributed by atoms with Gasteiger partial charge >= 0.3 is 5.97 Å². The second kappa shape index (κ2) is 6.22. The maximum atomic E-state index is 12.0. The first-order valence-corrected chi connectivity index (χ1v) is 6.36. The standard InChI is InChI=1S/C14H17NO4/c16-13(15-6-1-2-7-15)9-11-4-3-5-12(8-11)19-10-14(17)18/h3-5,8H,1-2,6-7,9-10H2,(H,17,18). The average Bonchev–Trinajstić information content (AvgIpc) is 2.91. The van der Waals surface area contributed by atoms with E-state index in [4.69, 9.17) is 9.84 Å². The summed E-state index contributed by atoms with van der Waals surface area (Å²) < 4.78 is 5.09. The van der Waals surface area contributed by atoms with Gasteiger partial charge < -0.3 is 14.7 Å². The zero-order valence-corrected chi connectivity index (χ0v) is 10.7. The molecule has 5 heteroatoms. The molecular weight excluding hydrogens is 246 g/mol. The first-order valence-electron chi connectivity index (χ1n) is 6.36. The van der Waals surface area contributed by atoms with Crippen molar-refractivity contribution >= 4 is 11.9 Å². The fourth-order valence-corrected chi connectivity index (χ4v) is 2.14. The van der Waals surface area contributed by atoms with Gasteiger partial charge in [-0.1, -0.05) is 12.1 Å². The fourth-order valence-electron chi connectivity index (χ4n) is 2.14. The van der Waals surface area contributed by atoms with E-state index in [1.54, 1.807) is 18.2 Å². The Hall–Kier alpha value is -2.04. The van der Waals surface area contributed by atoms with Crippen molar-refractivity contribution < 1.29 is 19.4 Å². The third kappa shape index (κ3) is 3.98. The summed E-state index contributed by atoms with van der Waals surface area (Å²) in [5.74, 6) is -0.416. The molecule has 1 heterocycles. The van der Waals surface area contributed by atoms with Gasteiger partial charge in [0.2, 0.25) is 5.91 Å². The Balaban J connectivity index is 1.94. The number of rotatable bonds is 5. The van der Waals surface area contributed by atoms with Gasteiger partial charge in [-0.25, -0.2) is 4.79 Å². The van der Waals surface area contributed by atoms with Gasteiger partial charge in [0.15, 0.2) is 6.61 Å². The zero-order chi connectivity index (χ0) is 13.7. The number of carboxylic acids is 1. The van der Waals surface area contributed by atoms with Crippen LogP contribution in [0.5, 0.6) is 5.75 Å². The molecule has 1 saturated heterocycles. The molecule has 1 aromatic rings. The van der Waals surface area contributed by atoms with E-state index in [2.05, 4.69) is 0 Å². The third-order valence-corrected chi connectivity index (χ3v) is 3.07. The number of benzene rings is 1. The molecule has 0 bridgehead atoms. The molecule has 0 radical (unpaired) electrons. The zero-order valence-electron chi connectivity index (χ0n) is 10.7. The van der Waals surface area contributed by atoms with E-state index in [1.165, 1.54) is 0 Å². The van der Waals surface area contributed by atoms with Crippen LogP contribution in [0.1, 0.15) is 18.4 Å². The summed E-state index contributed by atoms with van der Waals surface area (Å²) in [4.78, 5) is 24.3. The van der Waals surface area contributed by atoms with Gasteiger partial charge in [-0.2, -0.15) is 0 Å². The second-order valence-electron chi connectivity index (χ2n) is 4.59. The molecule has 102 valence electrons. The minimum absolute atomic E-state index is 0.118. The summed E-state index contributed by atoms with van der Waals surface area (Å²) in [5, 5.41) is 8.55. The van der Waals surface area contributed by atoms with E-state index in [1.807, 2.05) is 11.0 Å². The normalized spacial score (nSPS) is 14.4. The van der Waals surface area contributed by atoms with Gasteiger partial charge in [-0.05, 0) is 30.5 Å². The molecule has 1 aliphatic rings. The van der Waals surface area contributed by atoms with Crippen LogP contribution >= 0.6 is 0 Å². The highest BCUT2D eigenvalue weighted by molar-refractivity contribution is 5.79. The molecule has 0 atom stereocenters. The fraction of sp³-hybridized carbons (Fsp3) is 0.429. The molecule has 0 aliphatic carbocycles. The Kier molecular flexibility index (Phi) is 4.39. The summed E-state index contributed by atoms with van der Waals surface area (Å²) in [6.07, 6.45) is 2.49. The molecule has 0 aromatic heterocycles. The van der Waals surface area contributed by atoms with Crippen LogP contribution in [0.3, 0.4) is 0 Å². The molecule has 1 aliphatic heterocycles. The van der Waals surface area contributed by atoms with Gasteiger partial charge in [-0.3, -0.25) is 4.79 Å². The van der Waals surface area contributed by atoms with Gasteiger partial charge in [0, 0.05) is 13.1 Å². The van der Waals surface area contributed by atoms with Crippen molar-refractivity contribution in [2.45, 2.75) is 19.3 Å². The first kappa shape index (κ1) is 13.4. The lowest BCUT2D eigenvalue weighted by atomic mass is 10.1. The maximum Gasteiger partial charge on any atom is 0.341 e. The van der Waals surface area contributed by atoms with Crippen LogP contribution in [-0.2, 0) is 16.0 Å². The Morgan fingerprint density at radius 3 is 2.68 bits per heavy atom. The van der Waals surface area contributed by atoms with Gasteiger partial charge in [0.1, 0.15) is 5.75 Å². The van der Waals surface area contributed by atoms with Crippen molar-refractivity contribution in [1.82, 2.24) is 4.90 Å². The molecule has 1 amide bonds. The number of ether oxygens (including phenoxy) is 1. The summed E-state index contributed by atoms with van der Waals surface area (Å²) in [5.41, 5.74) is 0.847. The van der Waals surface area contributed by atoms with Crippen LogP contribution < -0.4 is 4.74 Å². The number of carbonyl (C=O) groups is 2. The predicted octanol–water partition coefficient (Wildman–Crippen LogP) is 1.31. The minimum atomic E-state index is -1.02. The number of hydrogen-bond donors (Lipinski definition) is 1. The Labute approximate surface area is 111 Å². The van der Waals surface area contributed by atoms with Crippen molar-refractivity contribution in [3.05, 3.63) is 29.8 Å². The number of hydrogen-bond acceptors (Lipinski definition) is 3. The first-order chi connectivity index (χ1) is 9.15. The highest BCUT2D eigenvalue weighted by Crippen LogP contribution is 2.16. The van der Waals surface area contributed by atoms with E-state index in [9.17, 15) is 9.59 Å². The second-order valence-corrected chi connectivity index (χ2v) is 4.59. The molecule has 0 spiro atoms. The van der Waals surface area contributed by atoms with E-state index in [0.717, 1.165) is 31.5 Å². The molecule has 19 heavy (non-hydrogen) atoms. The van der Waals surface area contributed by atoms with Gasteiger partial charge in [-0.15, -0.1) is 0 Å². The summed E-state index contributed by atoms with van der Waals surface area (Å²) in [6.45, 7) is 1.31. The van der Waals surface area contributed by atoms with Crippen LogP contribution in [0.25, 0.3) is 0 Å². The van der Waals surface area contributed by atoms with E-state index in [-0.39, 0.29) is 12.5 Å². The van der Waals surface area contributed by atoms with Crippen LogP contribution in [0.2, 0.25) is 0 Å². The van der Waals surface area contributed by atoms with Crippen molar-refractivity contribution in [3.8, 4) is 5.75 Å². The van der Waals surface area contributed by atoms with Crippen LogP contribution in [0, 0.1) is 0 Å². The maximum absolute atomic E-state index is 12.0. The molecule has 1 fully saturated rings. The van der Waals surface area contributed by atoms with Crippen molar-refractivity contribution in [2.24, 2.45) is 0 Å². The Morgan fingerprint density at radius 1 is 1.26 bits per heavy atom. The van der Waals surface area contributed by atoms with Gasteiger partial charge in [0.25, 0.3) is 0 Å². The molecule has 1 aromatic carbocycles. The summed E-state index contributed by atoms with van der Waals surface area (Å²) in [6, 6.07) is 7.02. The number of carboxylic acid groups (broad SMARTS) is 1. The molecule has 1 N–H and O–H groups in total. The lowest BCUT2D eigenvalue weighted by Gasteiger charge is -2.15. The summed E-state index contributed by atoms with van der Waals surface area (Å²) in [7, 11) is 0. The molecule has 5 nitrogen and oxygen atoms in total. The minimum Gasteiger partial charge on any atom is -0.482 e. The molecular formula is C14H17NO4. The van der Waals surface area contributed by atoms with Crippen molar-refractivity contribution in [1.29, 1.82) is 0 Å². The van der Waals surface area contributed by atoms with E-state index < -0.39 is 5.97 Å². The Bertz CT molecular complexity index is 466. The topological polar surface area (TPSA) is 66.8 Å². The number of amides is 1. The quantitative estimate of drug-likeness (QED) is 0.870. The number of aliphatic carboxylic acids is 1. The molecule has 0 unspecified atom stereocenters. The smallest absolute Gasteiger partial charge is 0.341 e. The highest BCUT2D eigenvalue weighted by atomic mass is 16.5. The average molecular weight is 263 g/mol. The van der Waals surface area contributed by atoms with E-state index in [0.29, 0.717) is 12.2 Å². The number of carbonyl (C=O) groups excluding carboxylic acids is 1. The SMILES string of the molecule is O=C(O)COc1cccc(CC(=O)N2CCCC2)c1. The lowest BCUT2D eigenvalue weighted by Crippen LogP contribution is -2.29. The van der Waals surface area contributed by atoms with Crippen LogP contribution in [-0.4, -0.2) is 41.6 Å². The largest absolute Gasteiger partial charge is 0.482 e. The molecule has 0 saturated carbocycles. The Morgan fingerprint density at radius 2 is 2.00 bits per heavy atom. The summed E-state index contributed by atoms with van der Waals surface area (Å²) >= 11 is 0. The predicted molar refractivity (Wildman–Crippen MR) is 69.1 cm³/mol. The van der Waals surface area contributed by atoms with Crippen LogP contribution in [0.15, 0.2) is 24.3 Å². The van der Waals surface area contributed by atoms with Crippen molar-refractivity contribution in [3.63, 3.8) is 0 Å². The monoisotopic (exact) mass is 263 g/mol. The number of nitrogens with zero attached hydrogens (tertiary/aromatic N) is 1. The highest BCUT2D eigenvalue weighted by Gasteiger charge is 2.17. The lowest BCUT2D eigenvalue weighted by molar-refractivity contribution is -0.139. The van der Waals surface area contributed by atoms with E-state index >= 15 is 0 Å². The molecule has 2 rings (SSSR count). The van der Waals surface area contributed by atoms with Crippen LogP contribution in [0.4, 0.5) is 0 Å². The van der Waals surface area contributed by atoms with Gasteiger partial charge in [0.05, 0.1) is 6.42 Å².